The van der Waals surface area contributed by atoms with Crippen LogP contribution in [0.4, 0.5) is 0 Å². The predicted octanol–water partition coefficient (Wildman–Crippen LogP) is 3.88. The number of phenols is 1. The van der Waals surface area contributed by atoms with E-state index >= 15 is 0 Å². The zero-order valence-electron chi connectivity index (χ0n) is 11.9. The van der Waals surface area contributed by atoms with Crippen LogP contribution < -0.4 is 0 Å². The van der Waals surface area contributed by atoms with Gasteiger partial charge in [0.25, 0.3) is 0 Å². The van der Waals surface area contributed by atoms with E-state index in [2.05, 4.69) is 39.9 Å². The molecule has 0 amide bonds. The number of ether oxygens (including phenoxy) is 1. The minimum absolute atomic E-state index is 0.143. The van der Waals surface area contributed by atoms with Crippen LogP contribution in [-0.2, 0) is 4.74 Å². The monoisotopic (exact) mass is 263 g/mol. The molecule has 18 heavy (non-hydrogen) atoms. The van der Waals surface area contributed by atoms with Crippen LogP contribution in [0.15, 0.2) is 30.3 Å². The maximum atomic E-state index is 9.71. The standard InChI is InChI=1S/C15H23O2Si/c1-15(2,3)17-14(18(4)5)11-10-12-8-6-7-9-13(12)16/h6-11,14,16H,1-5H3. The highest BCUT2D eigenvalue weighted by molar-refractivity contribution is 6.57. The predicted molar refractivity (Wildman–Crippen MR) is 79.2 cm³/mol. The van der Waals surface area contributed by atoms with Crippen molar-refractivity contribution >= 4 is 14.9 Å². The fraction of sp³-hybridized carbons (Fsp3) is 0.467. The molecule has 0 aliphatic rings. The van der Waals surface area contributed by atoms with Crippen molar-refractivity contribution in [3.63, 3.8) is 0 Å². The average molecular weight is 263 g/mol. The summed E-state index contributed by atoms with van der Waals surface area (Å²) >= 11 is 0. The van der Waals surface area contributed by atoms with Gasteiger partial charge in [0, 0.05) is 5.56 Å². The maximum absolute atomic E-state index is 9.71. The summed E-state index contributed by atoms with van der Waals surface area (Å²) in [5.41, 5.74) is 0.841. The maximum Gasteiger partial charge on any atom is 0.122 e. The summed E-state index contributed by atoms with van der Waals surface area (Å²) in [6.07, 6.45) is 4.01. The van der Waals surface area contributed by atoms with Gasteiger partial charge in [-0.05, 0) is 26.8 Å². The van der Waals surface area contributed by atoms with Crippen molar-refractivity contribution in [2.45, 2.75) is 45.2 Å². The quantitative estimate of drug-likeness (QED) is 0.835. The Balaban J connectivity index is 2.81. The van der Waals surface area contributed by atoms with Crippen LogP contribution in [0.5, 0.6) is 5.75 Å². The molecule has 0 saturated heterocycles. The van der Waals surface area contributed by atoms with Crippen molar-refractivity contribution in [1.29, 1.82) is 0 Å². The topological polar surface area (TPSA) is 29.5 Å². The first-order chi connectivity index (χ1) is 8.29. The highest BCUT2D eigenvalue weighted by atomic mass is 28.3. The number of para-hydroxylation sites is 1. The zero-order valence-corrected chi connectivity index (χ0v) is 12.9. The highest BCUT2D eigenvalue weighted by Crippen LogP contribution is 2.19. The fourth-order valence-corrected chi connectivity index (χ4v) is 2.62. The van der Waals surface area contributed by atoms with Crippen LogP contribution in [0.1, 0.15) is 26.3 Å². The minimum Gasteiger partial charge on any atom is -0.507 e. The summed E-state index contributed by atoms with van der Waals surface area (Å²) in [6, 6.07) is 7.34. The highest BCUT2D eigenvalue weighted by Gasteiger charge is 2.20. The van der Waals surface area contributed by atoms with Crippen LogP contribution in [-0.4, -0.2) is 25.2 Å². The van der Waals surface area contributed by atoms with Crippen molar-refractivity contribution in [2.24, 2.45) is 0 Å². The van der Waals surface area contributed by atoms with E-state index in [0.29, 0.717) is 5.75 Å². The van der Waals surface area contributed by atoms with Crippen LogP contribution in [0.3, 0.4) is 0 Å². The molecule has 1 rings (SSSR count). The third kappa shape index (κ3) is 5.06. The Bertz CT molecular complexity index is 405. The Morgan fingerprint density at radius 1 is 1.22 bits per heavy atom. The molecule has 1 N–H and O–H groups in total. The van der Waals surface area contributed by atoms with Gasteiger partial charge in [-0.2, -0.15) is 0 Å². The SMILES string of the molecule is C[Si](C)C(C=Cc1ccccc1O)OC(C)(C)C. The zero-order chi connectivity index (χ0) is 13.8. The lowest BCUT2D eigenvalue weighted by Crippen LogP contribution is -2.34. The summed E-state index contributed by atoms with van der Waals surface area (Å²) in [6.45, 7) is 10.7. The van der Waals surface area contributed by atoms with Crippen molar-refractivity contribution in [1.82, 2.24) is 0 Å². The number of phenolic OH excluding ortho intramolecular Hbond substituents is 1. The summed E-state index contributed by atoms with van der Waals surface area (Å²) in [5.74, 6) is 0.309. The smallest absolute Gasteiger partial charge is 0.122 e. The first-order valence-corrected chi connectivity index (χ1v) is 8.81. The molecule has 0 heterocycles. The Morgan fingerprint density at radius 2 is 1.83 bits per heavy atom. The van der Waals surface area contributed by atoms with Crippen LogP contribution in [0.25, 0.3) is 6.08 Å². The van der Waals surface area contributed by atoms with Gasteiger partial charge in [0.05, 0.1) is 20.1 Å². The Labute approximate surface area is 112 Å². The molecule has 0 aliphatic carbocycles. The average Bonchev–Trinajstić information content (AvgIpc) is 2.24. The van der Waals surface area contributed by atoms with Crippen LogP contribution in [0.2, 0.25) is 13.1 Å². The van der Waals surface area contributed by atoms with E-state index in [1.54, 1.807) is 6.07 Å². The van der Waals surface area contributed by atoms with Gasteiger partial charge in [-0.25, -0.2) is 0 Å². The number of aromatic hydroxyl groups is 1. The van der Waals surface area contributed by atoms with E-state index < -0.39 is 8.80 Å². The molecule has 99 valence electrons. The van der Waals surface area contributed by atoms with Crippen LogP contribution >= 0.6 is 0 Å². The molecule has 0 fully saturated rings. The lowest BCUT2D eigenvalue weighted by molar-refractivity contribution is -0.00675. The van der Waals surface area contributed by atoms with Crippen molar-refractivity contribution in [2.75, 3.05) is 0 Å². The third-order valence-corrected chi connectivity index (χ3v) is 3.89. The van der Waals surface area contributed by atoms with Crippen molar-refractivity contribution in [3.8, 4) is 5.75 Å². The van der Waals surface area contributed by atoms with Gasteiger partial charge in [0.15, 0.2) is 0 Å². The fourth-order valence-electron chi connectivity index (χ4n) is 1.55. The molecule has 3 heteroatoms. The molecule has 0 aromatic heterocycles. The second-order valence-electron chi connectivity index (χ2n) is 5.65. The largest absolute Gasteiger partial charge is 0.507 e. The van der Waals surface area contributed by atoms with Crippen LogP contribution in [0, 0.1) is 0 Å². The van der Waals surface area contributed by atoms with Gasteiger partial charge < -0.3 is 9.84 Å². The Hall–Kier alpha value is -1.06. The van der Waals surface area contributed by atoms with E-state index in [4.69, 9.17) is 4.74 Å². The molecule has 1 aromatic rings. The van der Waals surface area contributed by atoms with E-state index in [1.165, 1.54) is 0 Å². The Morgan fingerprint density at radius 3 is 2.33 bits per heavy atom. The molecule has 0 spiro atoms. The number of rotatable bonds is 4. The van der Waals surface area contributed by atoms with Gasteiger partial charge in [-0.15, -0.1) is 0 Å². The minimum atomic E-state index is -0.579. The molecule has 1 unspecified atom stereocenters. The second-order valence-corrected chi connectivity index (χ2v) is 8.37. The van der Waals surface area contributed by atoms with Gasteiger partial charge in [-0.3, -0.25) is 0 Å². The lowest BCUT2D eigenvalue weighted by atomic mass is 10.2. The first-order valence-electron chi connectivity index (χ1n) is 6.23. The summed E-state index contributed by atoms with van der Waals surface area (Å²) in [5, 5.41) is 9.71. The van der Waals surface area contributed by atoms with E-state index in [1.807, 2.05) is 24.3 Å². The van der Waals surface area contributed by atoms with E-state index in [9.17, 15) is 5.11 Å². The Kier molecular flexibility index (Phi) is 5.17. The number of hydrogen-bond donors (Lipinski definition) is 1. The number of hydrogen-bond acceptors (Lipinski definition) is 2. The molecule has 2 nitrogen and oxygen atoms in total. The van der Waals surface area contributed by atoms with E-state index in [0.717, 1.165) is 5.56 Å². The van der Waals surface area contributed by atoms with Crippen molar-refractivity contribution in [3.05, 3.63) is 35.9 Å². The molecule has 1 aromatic carbocycles. The van der Waals surface area contributed by atoms with Gasteiger partial charge in [0.1, 0.15) is 5.75 Å². The molecule has 0 bridgehead atoms. The lowest BCUT2D eigenvalue weighted by Gasteiger charge is -2.27. The molecule has 1 radical (unpaired) electrons. The summed E-state index contributed by atoms with van der Waals surface area (Å²) in [4.78, 5) is 0. The first kappa shape index (κ1) is 15.0. The molecule has 0 aliphatic heterocycles. The molecular weight excluding hydrogens is 240 g/mol. The van der Waals surface area contributed by atoms with Gasteiger partial charge in [0.2, 0.25) is 0 Å². The van der Waals surface area contributed by atoms with Crippen molar-refractivity contribution < 1.29 is 9.84 Å². The normalized spacial score (nSPS) is 14.3. The van der Waals surface area contributed by atoms with E-state index in [-0.39, 0.29) is 11.3 Å². The molecular formula is C15H23O2Si. The molecule has 0 saturated carbocycles. The molecule has 1 atom stereocenters. The van der Waals surface area contributed by atoms with Gasteiger partial charge >= 0.3 is 0 Å². The second kappa shape index (κ2) is 6.21. The number of benzene rings is 1. The summed E-state index contributed by atoms with van der Waals surface area (Å²) in [7, 11) is -0.579. The summed E-state index contributed by atoms with van der Waals surface area (Å²) < 4.78 is 6.04. The van der Waals surface area contributed by atoms with Gasteiger partial charge in [-0.1, -0.05) is 43.4 Å². The third-order valence-electron chi connectivity index (χ3n) is 2.44.